The molecule has 0 spiro atoms. The van der Waals surface area contributed by atoms with Gasteiger partial charge in [-0.25, -0.2) is 4.98 Å². The van der Waals surface area contributed by atoms with E-state index in [4.69, 9.17) is 28.2 Å². The van der Waals surface area contributed by atoms with Gasteiger partial charge in [0.1, 0.15) is 5.52 Å². The Hall–Kier alpha value is -3.22. The number of halogens is 1. The van der Waals surface area contributed by atoms with Gasteiger partial charge >= 0.3 is 0 Å². The molecule has 0 saturated heterocycles. The van der Waals surface area contributed by atoms with Gasteiger partial charge in [0, 0.05) is 21.8 Å². The maximum Gasteiger partial charge on any atom is 0.257 e. The standard InChI is InChI=1S/C23H18ClN3O2S/c1-13-11-19-20(12-14(13)2)29-22(26-19)16-5-9-18(10-6-16)25-23(30)27-21(28)15-3-7-17(24)8-4-15/h3-12H,1-2H3,(H2,25,27,28,30). The van der Waals surface area contributed by atoms with Crippen molar-refractivity contribution in [3.63, 3.8) is 0 Å². The second-order valence-corrected chi connectivity index (χ2v) is 7.76. The summed E-state index contributed by atoms with van der Waals surface area (Å²) in [5.74, 6) is 0.248. The van der Waals surface area contributed by atoms with E-state index < -0.39 is 0 Å². The molecule has 0 atom stereocenters. The van der Waals surface area contributed by atoms with Gasteiger partial charge in [0.2, 0.25) is 5.89 Å². The fourth-order valence-corrected chi connectivity index (χ4v) is 3.27. The first-order valence-electron chi connectivity index (χ1n) is 9.25. The predicted molar refractivity (Wildman–Crippen MR) is 124 cm³/mol. The van der Waals surface area contributed by atoms with E-state index in [0.717, 1.165) is 22.4 Å². The third kappa shape index (κ3) is 4.35. The smallest absolute Gasteiger partial charge is 0.257 e. The number of thiocarbonyl (C=S) groups is 1. The van der Waals surface area contributed by atoms with E-state index in [9.17, 15) is 4.79 Å². The van der Waals surface area contributed by atoms with Crippen LogP contribution in [0.4, 0.5) is 5.69 Å². The highest BCUT2D eigenvalue weighted by Crippen LogP contribution is 2.27. The summed E-state index contributed by atoms with van der Waals surface area (Å²) in [5.41, 5.74) is 6.00. The van der Waals surface area contributed by atoms with Crippen LogP contribution < -0.4 is 10.6 Å². The molecule has 0 saturated carbocycles. The highest BCUT2D eigenvalue weighted by Gasteiger charge is 2.11. The Balaban J connectivity index is 1.44. The molecule has 0 bridgehead atoms. The lowest BCUT2D eigenvalue weighted by Crippen LogP contribution is -2.34. The van der Waals surface area contributed by atoms with E-state index in [1.807, 2.05) is 43.3 Å². The van der Waals surface area contributed by atoms with Gasteiger partial charge < -0.3 is 9.73 Å². The normalized spacial score (nSPS) is 10.8. The van der Waals surface area contributed by atoms with Crippen LogP contribution in [0.25, 0.3) is 22.6 Å². The van der Waals surface area contributed by atoms with Crippen molar-refractivity contribution < 1.29 is 9.21 Å². The average Bonchev–Trinajstić information content (AvgIpc) is 3.12. The summed E-state index contributed by atoms with van der Waals surface area (Å²) in [6.45, 7) is 4.10. The molecule has 0 aliphatic heterocycles. The second kappa shape index (κ2) is 8.26. The van der Waals surface area contributed by atoms with E-state index >= 15 is 0 Å². The number of amides is 1. The highest BCUT2D eigenvalue weighted by atomic mass is 35.5. The molecule has 0 fully saturated rings. The number of carbonyl (C=O) groups excluding carboxylic acids is 1. The van der Waals surface area contributed by atoms with Gasteiger partial charge in [0.15, 0.2) is 10.7 Å². The number of carbonyl (C=O) groups is 1. The number of aryl methyl sites for hydroxylation is 2. The quantitative estimate of drug-likeness (QED) is 0.392. The first-order valence-corrected chi connectivity index (χ1v) is 10.0. The molecule has 30 heavy (non-hydrogen) atoms. The Labute approximate surface area is 184 Å². The van der Waals surface area contributed by atoms with Crippen LogP contribution in [0.2, 0.25) is 5.02 Å². The third-order valence-electron chi connectivity index (χ3n) is 4.73. The Bertz CT molecular complexity index is 1210. The molecule has 0 radical (unpaired) electrons. The molecule has 2 N–H and O–H groups in total. The molecule has 7 heteroatoms. The van der Waals surface area contributed by atoms with Crippen LogP contribution in [0.1, 0.15) is 21.5 Å². The number of aromatic nitrogens is 1. The third-order valence-corrected chi connectivity index (χ3v) is 5.18. The molecule has 4 aromatic rings. The Morgan fingerprint density at radius 3 is 2.37 bits per heavy atom. The Kier molecular flexibility index (Phi) is 5.53. The van der Waals surface area contributed by atoms with Crippen LogP contribution in [-0.4, -0.2) is 16.0 Å². The fourth-order valence-electron chi connectivity index (χ4n) is 2.94. The van der Waals surface area contributed by atoms with E-state index in [0.29, 0.717) is 16.5 Å². The number of anilines is 1. The van der Waals surface area contributed by atoms with Crippen LogP contribution in [0.3, 0.4) is 0 Å². The molecular weight excluding hydrogens is 418 g/mol. The van der Waals surface area contributed by atoms with Gasteiger partial charge in [-0.05, 0) is 97.9 Å². The first-order chi connectivity index (χ1) is 14.4. The van der Waals surface area contributed by atoms with Crippen LogP contribution in [0, 0.1) is 13.8 Å². The Morgan fingerprint density at radius 2 is 1.67 bits per heavy atom. The number of nitrogens with zero attached hydrogens (tertiary/aromatic N) is 1. The van der Waals surface area contributed by atoms with E-state index in [1.54, 1.807) is 24.3 Å². The SMILES string of the molecule is Cc1cc2nc(-c3ccc(NC(=S)NC(=O)c4ccc(Cl)cc4)cc3)oc2cc1C. The largest absolute Gasteiger partial charge is 0.436 e. The lowest BCUT2D eigenvalue weighted by molar-refractivity contribution is 0.0977. The highest BCUT2D eigenvalue weighted by molar-refractivity contribution is 7.80. The zero-order valence-electron chi connectivity index (χ0n) is 16.3. The summed E-state index contributed by atoms with van der Waals surface area (Å²) in [4.78, 5) is 16.8. The zero-order valence-corrected chi connectivity index (χ0v) is 17.9. The van der Waals surface area contributed by atoms with E-state index in [1.165, 1.54) is 11.1 Å². The summed E-state index contributed by atoms with van der Waals surface area (Å²) in [6.07, 6.45) is 0. The van der Waals surface area contributed by atoms with Crippen molar-refractivity contribution in [2.75, 3.05) is 5.32 Å². The van der Waals surface area contributed by atoms with Crippen molar-refractivity contribution in [3.8, 4) is 11.5 Å². The van der Waals surface area contributed by atoms with Gasteiger partial charge in [-0.15, -0.1) is 0 Å². The first kappa shape index (κ1) is 20.1. The number of oxazole rings is 1. The maximum atomic E-state index is 12.2. The molecule has 150 valence electrons. The second-order valence-electron chi connectivity index (χ2n) is 6.92. The molecule has 0 aliphatic carbocycles. The molecule has 1 aromatic heterocycles. The minimum atomic E-state index is -0.308. The number of rotatable bonds is 3. The van der Waals surface area contributed by atoms with Crippen molar-refractivity contribution in [2.24, 2.45) is 0 Å². The summed E-state index contributed by atoms with van der Waals surface area (Å²) >= 11 is 11.1. The summed E-state index contributed by atoms with van der Waals surface area (Å²) in [7, 11) is 0. The zero-order chi connectivity index (χ0) is 21.3. The summed E-state index contributed by atoms with van der Waals surface area (Å²) in [5, 5.41) is 6.41. The average molecular weight is 436 g/mol. The molecule has 1 heterocycles. The van der Waals surface area contributed by atoms with Crippen LogP contribution in [-0.2, 0) is 0 Å². The number of fused-ring (bicyclic) bond motifs is 1. The van der Waals surface area contributed by atoms with Crippen molar-refractivity contribution >= 4 is 51.6 Å². The lowest BCUT2D eigenvalue weighted by Gasteiger charge is -2.10. The van der Waals surface area contributed by atoms with Gasteiger partial charge in [0.25, 0.3) is 5.91 Å². The van der Waals surface area contributed by atoms with Crippen LogP contribution >= 0.6 is 23.8 Å². The minimum absolute atomic E-state index is 0.204. The van der Waals surface area contributed by atoms with Gasteiger partial charge in [-0.3, -0.25) is 10.1 Å². The molecule has 1 amide bonds. The van der Waals surface area contributed by atoms with Gasteiger partial charge in [0.05, 0.1) is 0 Å². The topological polar surface area (TPSA) is 67.2 Å². The monoisotopic (exact) mass is 435 g/mol. The van der Waals surface area contributed by atoms with Crippen molar-refractivity contribution in [1.29, 1.82) is 0 Å². The van der Waals surface area contributed by atoms with Crippen molar-refractivity contribution in [3.05, 3.63) is 82.4 Å². The Morgan fingerprint density at radius 1 is 1.00 bits per heavy atom. The van der Waals surface area contributed by atoms with E-state index in [-0.39, 0.29) is 11.0 Å². The number of benzene rings is 3. The molecular formula is C23H18ClN3O2S. The molecule has 0 aliphatic rings. The van der Waals surface area contributed by atoms with Crippen LogP contribution in [0.15, 0.2) is 65.1 Å². The van der Waals surface area contributed by atoms with Gasteiger partial charge in [-0.1, -0.05) is 11.6 Å². The van der Waals surface area contributed by atoms with Crippen molar-refractivity contribution in [1.82, 2.24) is 10.3 Å². The number of hydrogen-bond donors (Lipinski definition) is 2. The van der Waals surface area contributed by atoms with E-state index in [2.05, 4.69) is 22.5 Å². The number of nitrogens with one attached hydrogen (secondary N) is 2. The molecule has 3 aromatic carbocycles. The molecule has 0 unspecified atom stereocenters. The van der Waals surface area contributed by atoms with Crippen molar-refractivity contribution in [2.45, 2.75) is 13.8 Å². The summed E-state index contributed by atoms with van der Waals surface area (Å²) in [6, 6.07) is 18.1. The van der Waals surface area contributed by atoms with Gasteiger partial charge in [-0.2, -0.15) is 0 Å². The number of hydrogen-bond acceptors (Lipinski definition) is 4. The van der Waals surface area contributed by atoms with Crippen LogP contribution in [0.5, 0.6) is 0 Å². The minimum Gasteiger partial charge on any atom is -0.436 e. The molecule has 5 nitrogen and oxygen atoms in total. The fraction of sp³-hybridized carbons (Fsp3) is 0.0870. The predicted octanol–water partition coefficient (Wildman–Crippen LogP) is 5.89. The lowest BCUT2D eigenvalue weighted by atomic mass is 10.1. The summed E-state index contributed by atoms with van der Waals surface area (Å²) < 4.78 is 5.90. The molecule has 4 rings (SSSR count). The maximum absolute atomic E-state index is 12.2.